The van der Waals surface area contributed by atoms with Crippen LogP contribution in [0.1, 0.15) is 12.1 Å². The third-order valence-electron chi connectivity index (χ3n) is 4.76. The van der Waals surface area contributed by atoms with Crippen molar-refractivity contribution >= 4 is 34.0 Å². The van der Waals surface area contributed by atoms with Gasteiger partial charge >= 0.3 is 0 Å². The highest BCUT2D eigenvalue weighted by molar-refractivity contribution is 6.31. The smallest absolute Gasteiger partial charge is 0.128 e. The lowest BCUT2D eigenvalue weighted by Crippen LogP contribution is -2.36. The van der Waals surface area contributed by atoms with E-state index in [4.69, 9.17) is 21.3 Å². The van der Waals surface area contributed by atoms with Crippen molar-refractivity contribution in [2.24, 2.45) is 0 Å². The van der Waals surface area contributed by atoms with Crippen LogP contribution in [0.15, 0.2) is 48.7 Å². The summed E-state index contributed by atoms with van der Waals surface area (Å²) >= 11 is 6.06. The molecule has 0 spiro atoms. The lowest BCUT2D eigenvalue weighted by molar-refractivity contribution is 0.122. The van der Waals surface area contributed by atoms with Crippen LogP contribution in [0.2, 0.25) is 5.02 Å². The Kier molecular flexibility index (Phi) is 5.70. The van der Waals surface area contributed by atoms with Crippen LogP contribution in [-0.2, 0) is 11.2 Å². The van der Waals surface area contributed by atoms with Gasteiger partial charge in [0.25, 0.3) is 0 Å². The van der Waals surface area contributed by atoms with Gasteiger partial charge in [-0.3, -0.25) is 4.98 Å². The molecule has 1 aliphatic heterocycles. The van der Waals surface area contributed by atoms with Gasteiger partial charge in [-0.2, -0.15) is 0 Å². The first-order valence-corrected chi connectivity index (χ1v) is 9.74. The van der Waals surface area contributed by atoms with Gasteiger partial charge in [0.2, 0.25) is 0 Å². The predicted molar refractivity (Wildman–Crippen MR) is 111 cm³/mol. The van der Waals surface area contributed by atoms with Gasteiger partial charge in [-0.05, 0) is 49.2 Å². The molecule has 1 fully saturated rings. The molecule has 0 bridgehead atoms. The number of hydrogen-bond acceptors (Lipinski definition) is 5. The van der Waals surface area contributed by atoms with Crippen LogP contribution in [0.4, 0.5) is 11.5 Å². The Balaban J connectivity index is 1.34. The molecule has 0 atom stereocenters. The standard InChI is InChI=1S/C21H23ClN4O/c22-16-6-7-18-19(8-10-24-20(18)15-16)23-9-2-4-17-3-1-5-21(25-17)26-11-13-27-14-12-26/h1,3,5-8,10,15H,2,4,9,11-14H2,(H,23,24). The van der Waals surface area contributed by atoms with E-state index in [0.29, 0.717) is 5.02 Å². The molecule has 1 N–H and O–H groups in total. The van der Waals surface area contributed by atoms with Crippen LogP contribution in [-0.4, -0.2) is 42.8 Å². The first kappa shape index (κ1) is 18.0. The van der Waals surface area contributed by atoms with E-state index in [1.165, 1.54) is 0 Å². The maximum Gasteiger partial charge on any atom is 0.128 e. The number of benzene rings is 1. The zero-order valence-electron chi connectivity index (χ0n) is 15.2. The van der Waals surface area contributed by atoms with Crippen LogP contribution >= 0.6 is 11.6 Å². The van der Waals surface area contributed by atoms with Crippen molar-refractivity contribution in [3.63, 3.8) is 0 Å². The van der Waals surface area contributed by atoms with E-state index in [9.17, 15) is 0 Å². The van der Waals surface area contributed by atoms with E-state index >= 15 is 0 Å². The summed E-state index contributed by atoms with van der Waals surface area (Å²) in [7, 11) is 0. The van der Waals surface area contributed by atoms with Gasteiger partial charge in [0.15, 0.2) is 0 Å². The minimum Gasteiger partial charge on any atom is -0.384 e. The molecule has 1 aromatic carbocycles. The highest BCUT2D eigenvalue weighted by Gasteiger charge is 2.12. The molecule has 27 heavy (non-hydrogen) atoms. The number of aryl methyl sites for hydroxylation is 1. The van der Waals surface area contributed by atoms with Gasteiger partial charge in [-0.1, -0.05) is 17.7 Å². The SMILES string of the molecule is Clc1ccc2c(NCCCc3cccc(N4CCOCC4)n3)ccnc2c1. The molecular weight excluding hydrogens is 360 g/mol. The maximum atomic E-state index is 6.06. The summed E-state index contributed by atoms with van der Waals surface area (Å²) in [5, 5.41) is 5.32. The van der Waals surface area contributed by atoms with Crippen molar-refractivity contribution in [1.82, 2.24) is 9.97 Å². The number of nitrogens with zero attached hydrogens (tertiary/aromatic N) is 3. The molecule has 3 aromatic rings. The summed E-state index contributed by atoms with van der Waals surface area (Å²) in [6.07, 6.45) is 3.77. The first-order chi connectivity index (χ1) is 13.3. The molecule has 3 heterocycles. The Morgan fingerprint density at radius 1 is 1.11 bits per heavy atom. The van der Waals surface area contributed by atoms with Crippen molar-refractivity contribution in [3.8, 4) is 0 Å². The topological polar surface area (TPSA) is 50.3 Å². The zero-order chi connectivity index (χ0) is 18.5. The van der Waals surface area contributed by atoms with Crippen LogP contribution in [0, 0.1) is 0 Å². The monoisotopic (exact) mass is 382 g/mol. The molecule has 0 saturated carbocycles. The molecule has 2 aromatic heterocycles. The molecule has 1 saturated heterocycles. The Morgan fingerprint density at radius 3 is 2.89 bits per heavy atom. The second-order valence-corrected chi connectivity index (χ2v) is 7.07. The van der Waals surface area contributed by atoms with E-state index < -0.39 is 0 Å². The molecule has 0 amide bonds. The van der Waals surface area contributed by atoms with Crippen LogP contribution in [0.25, 0.3) is 10.9 Å². The van der Waals surface area contributed by atoms with Crippen LogP contribution in [0.3, 0.4) is 0 Å². The molecule has 0 radical (unpaired) electrons. The minimum absolute atomic E-state index is 0.707. The largest absolute Gasteiger partial charge is 0.384 e. The number of anilines is 2. The Hall–Kier alpha value is -2.37. The number of fused-ring (bicyclic) bond motifs is 1. The summed E-state index contributed by atoms with van der Waals surface area (Å²) in [6, 6.07) is 14.1. The molecular formula is C21H23ClN4O. The van der Waals surface area contributed by atoms with E-state index in [1.807, 2.05) is 30.5 Å². The van der Waals surface area contributed by atoms with E-state index in [0.717, 1.165) is 73.8 Å². The van der Waals surface area contributed by atoms with Crippen molar-refractivity contribution in [2.75, 3.05) is 43.1 Å². The van der Waals surface area contributed by atoms with Crippen LogP contribution in [0.5, 0.6) is 0 Å². The maximum absolute atomic E-state index is 6.06. The highest BCUT2D eigenvalue weighted by Crippen LogP contribution is 2.24. The average molecular weight is 383 g/mol. The van der Waals surface area contributed by atoms with E-state index in [1.54, 1.807) is 0 Å². The van der Waals surface area contributed by atoms with E-state index in [-0.39, 0.29) is 0 Å². The van der Waals surface area contributed by atoms with Crippen molar-refractivity contribution < 1.29 is 4.74 Å². The molecule has 140 valence electrons. The second-order valence-electron chi connectivity index (χ2n) is 6.64. The molecule has 6 heteroatoms. The third-order valence-corrected chi connectivity index (χ3v) is 4.99. The molecule has 0 aliphatic carbocycles. The normalized spacial score (nSPS) is 14.5. The number of halogens is 1. The molecule has 5 nitrogen and oxygen atoms in total. The number of rotatable bonds is 6. The summed E-state index contributed by atoms with van der Waals surface area (Å²) in [4.78, 5) is 11.5. The lowest BCUT2D eigenvalue weighted by atomic mass is 10.1. The Bertz CT molecular complexity index is 912. The Labute approximate surface area is 164 Å². The number of pyridine rings is 2. The minimum atomic E-state index is 0.707. The molecule has 0 unspecified atom stereocenters. The summed E-state index contributed by atoms with van der Waals surface area (Å²) in [5.74, 6) is 1.06. The fourth-order valence-corrected chi connectivity index (χ4v) is 3.51. The van der Waals surface area contributed by atoms with Crippen molar-refractivity contribution in [2.45, 2.75) is 12.8 Å². The van der Waals surface area contributed by atoms with Gasteiger partial charge < -0.3 is 15.0 Å². The summed E-state index contributed by atoms with van der Waals surface area (Å²) in [6.45, 7) is 4.27. The fraction of sp³-hybridized carbons (Fsp3) is 0.333. The Morgan fingerprint density at radius 2 is 2.00 bits per heavy atom. The predicted octanol–water partition coefficient (Wildman–Crippen LogP) is 4.16. The van der Waals surface area contributed by atoms with Gasteiger partial charge in [-0.25, -0.2) is 4.98 Å². The van der Waals surface area contributed by atoms with Crippen molar-refractivity contribution in [3.05, 3.63) is 59.4 Å². The van der Waals surface area contributed by atoms with E-state index in [2.05, 4.69) is 33.4 Å². The summed E-state index contributed by atoms with van der Waals surface area (Å²) in [5.41, 5.74) is 3.13. The zero-order valence-corrected chi connectivity index (χ0v) is 16.0. The third kappa shape index (κ3) is 4.49. The number of morpholine rings is 1. The number of aromatic nitrogens is 2. The average Bonchev–Trinajstić information content (AvgIpc) is 2.72. The van der Waals surface area contributed by atoms with Crippen molar-refractivity contribution in [1.29, 1.82) is 0 Å². The molecule has 4 rings (SSSR count). The first-order valence-electron chi connectivity index (χ1n) is 9.36. The number of ether oxygens (including phenoxy) is 1. The van der Waals surface area contributed by atoms with Gasteiger partial charge in [-0.15, -0.1) is 0 Å². The quantitative estimate of drug-likeness (QED) is 0.648. The summed E-state index contributed by atoms with van der Waals surface area (Å²) < 4.78 is 5.42. The highest BCUT2D eigenvalue weighted by atomic mass is 35.5. The van der Waals surface area contributed by atoms with Crippen LogP contribution < -0.4 is 10.2 Å². The fourth-order valence-electron chi connectivity index (χ4n) is 3.34. The number of hydrogen-bond donors (Lipinski definition) is 1. The lowest BCUT2D eigenvalue weighted by Gasteiger charge is -2.28. The number of nitrogens with one attached hydrogen (secondary N) is 1. The van der Waals surface area contributed by atoms with Gasteiger partial charge in [0.05, 0.1) is 18.7 Å². The van der Waals surface area contributed by atoms with Gasteiger partial charge in [0.1, 0.15) is 5.82 Å². The second kappa shape index (κ2) is 8.55. The molecule has 1 aliphatic rings. The van der Waals surface area contributed by atoms with Gasteiger partial charge in [0, 0.05) is 47.6 Å².